The van der Waals surface area contributed by atoms with Gasteiger partial charge in [-0.25, -0.2) is 0 Å². The molecule has 128 valence electrons. The second kappa shape index (κ2) is 7.12. The number of hydrogen-bond acceptors (Lipinski definition) is 5. The zero-order valence-electron chi connectivity index (χ0n) is 13.8. The van der Waals surface area contributed by atoms with Crippen molar-refractivity contribution < 1.29 is 14.4 Å². The Morgan fingerprint density at radius 1 is 1.24 bits per heavy atom. The molecule has 0 saturated carbocycles. The van der Waals surface area contributed by atoms with Gasteiger partial charge in [-0.15, -0.1) is 0 Å². The molecule has 1 aromatic carbocycles. The minimum Gasteiger partial charge on any atom is -0.399 e. The van der Waals surface area contributed by atoms with Crippen molar-refractivity contribution >= 4 is 17.5 Å². The molecule has 3 rings (SSSR count). The van der Waals surface area contributed by atoms with Crippen LogP contribution in [0.4, 0.5) is 0 Å². The summed E-state index contributed by atoms with van der Waals surface area (Å²) >= 11 is 0. The fourth-order valence-electron chi connectivity index (χ4n) is 2.87. The quantitative estimate of drug-likeness (QED) is 0.853. The number of primary amides is 1. The number of oxime groups is 1. The molecule has 0 bridgehead atoms. The lowest BCUT2D eigenvalue weighted by molar-refractivity contribution is -0.121. The Kier molecular flexibility index (Phi) is 4.74. The van der Waals surface area contributed by atoms with Crippen LogP contribution in [0.15, 0.2) is 53.9 Å². The maximum Gasteiger partial charge on any atom is 0.254 e. The number of carbonyl (C=O) groups excluding carboxylic acids is 2. The fraction of sp³-hybridized carbons (Fsp3) is 0.222. The molecule has 2 amide bonds. The zero-order valence-corrected chi connectivity index (χ0v) is 13.8. The highest BCUT2D eigenvalue weighted by Gasteiger charge is 2.37. The minimum atomic E-state index is -0.709. The monoisotopic (exact) mass is 338 g/mol. The van der Waals surface area contributed by atoms with E-state index in [1.807, 2.05) is 24.3 Å². The van der Waals surface area contributed by atoms with E-state index in [4.69, 9.17) is 10.6 Å². The summed E-state index contributed by atoms with van der Waals surface area (Å²) in [5.41, 5.74) is 8.45. The average Bonchev–Trinajstić information content (AvgIpc) is 3.07. The highest BCUT2D eigenvalue weighted by Crippen LogP contribution is 2.22. The molecule has 2 aromatic rings. The van der Waals surface area contributed by atoms with Crippen molar-refractivity contribution in [3.8, 4) is 11.1 Å². The molecule has 1 atom stereocenters. The summed E-state index contributed by atoms with van der Waals surface area (Å²) in [6.45, 7) is 0.227. The third kappa shape index (κ3) is 3.50. The molecular formula is C18H18N4O3. The van der Waals surface area contributed by atoms with Gasteiger partial charge in [-0.1, -0.05) is 23.4 Å². The SMILES string of the molecule is CON=C1CC(C(N)=O)N(C(=O)c2ccc(-c3cccnc3)cc2)C1. The largest absolute Gasteiger partial charge is 0.399 e. The van der Waals surface area contributed by atoms with Gasteiger partial charge in [-0.05, 0) is 29.3 Å². The van der Waals surface area contributed by atoms with Crippen molar-refractivity contribution in [1.82, 2.24) is 9.88 Å². The second-order valence-corrected chi connectivity index (χ2v) is 5.71. The van der Waals surface area contributed by atoms with Crippen LogP contribution in [0.5, 0.6) is 0 Å². The lowest BCUT2D eigenvalue weighted by atomic mass is 10.0. The zero-order chi connectivity index (χ0) is 17.8. The molecule has 1 fully saturated rings. The van der Waals surface area contributed by atoms with Gasteiger partial charge >= 0.3 is 0 Å². The van der Waals surface area contributed by atoms with Crippen LogP contribution in [-0.4, -0.2) is 47.1 Å². The maximum atomic E-state index is 12.8. The lowest BCUT2D eigenvalue weighted by Crippen LogP contribution is -2.43. The molecule has 7 heteroatoms. The third-order valence-corrected chi connectivity index (χ3v) is 4.09. The summed E-state index contributed by atoms with van der Waals surface area (Å²) < 4.78 is 0. The predicted molar refractivity (Wildman–Crippen MR) is 92.8 cm³/mol. The Balaban J connectivity index is 1.82. The van der Waals surface area contributed by atoms with Gasteiger partial charge < -0.3 is 15.5 Å². The Hall–Kier alpha value is -3.22. The van der Waals surface area contributed by atoms with E-state index < -0.39 is 11.9 Å². The number of aromatic nitrogens is 1. The second-order valence-electron chi connectivity index (χ2n) is 5.71. The summed E-state index contributed by atoms with van der Waals surface area (Å²) in [6, 6.07) is 10.3. The summed E-state index contributed by atoms with van der Waals surface area (Å²) in [7, 11) is 1.42. The molecule has 1 saturated heterocycles. The molecule has 7 nitrogen and oxygen atoms in total. The van der Waals surface area contributed by atoms with Gasteiger partial charge in [0.1, 0.15) is 13.2 Å². The van der Waals surface area contributed by atoms with Gasteiger partial charge in [0.15, 0.2) is 0 Å². The van der Waals surface area contributed by atoms with Crippen LogP contribution in [0, 0.1) is 0 Å². The van der Waals surface area contributed by atoms with Crippen LogP contribution in [0.3, 0.4) is 0 Å². The van der Waals surface area contributed by atoms with Gasteiger partial charge in [0.05, 0.1) is 12.3 Å². The molecule has 1 unspecified atom stereocenters. The number of pyridine rings is 1. The van der Waals surface area contributed by atoms with E-state index in [0.29, 0.717) is 17.7 Å². The topological polar surface area (TPSA) is 97.9 Å². The van der Waals surface area contributed by atoms with Crippen LogP contribution in [-0.2, 0) is 9.63 Å². The first kappa shape index (κ1) is 16.6. The molecule has 2 heterocycles. The maximum absolute atomic E-state index is 12.8. The highest BCUT2D eigenvalue weighted by molar-refractivity contribution is 6.05. The molecule has 1 aliphatic heterocycles. The normalized spacial score (nSPS) is 18.4. The standard InChI is InChI=1S/C18H18N4O3/c1-25-21-15-9-16(17(19)23)22(11-15)18(24)13-6-4-12(5-7-13)14-3-2-8-20-10-14/h2-8,10,16H,9,11H2,1H3,(H2,19,23). The molecule has 25 heavy (non-hydrogen) atoms. The predicted octanol–water partition coefficient (Wildman–Crippen LogP) is 1.45. The number of hydrogen-bond donors (Lipinski definition) is 1. The van der Waals surface area contributed by atoms with Gasteiger partial charge in [0, 0.05) is 24.4 Å². The molecule has 0 aliphatic carbocycles. The third-order valence-electron chi connectivity index (χ3n) is 4.09. The Bertz CT molecular complexity index is 803. The van der Waals surface area contributed by atoms with Gasteiger partial charge in [-0.2, -0.15) is 0 Å². The van der Waals surface area contributed by atoms with Gasteiger partial charge in [0.2, 0.25) is 5.91 Å². The number of amides is 2. The fourth-order valence-corrected chi connectivity index (χ4v) is 2.87. The molecule has 0 spiro atoms. The average molecular weight is 338 g/mol. The molecule has 1 aliphatic rings. The van der Waals surface area contributed by atoms with Crippen LogP contribution >= 0.6 is 0 Å². The number of nitrogens with two attached hydrogens (primary N) is 1. The summed E-state index contributed by atoms with van der Waals surface area (Å²) in [4.78, 5) is 34.7. The minimum absolute atomic E-state index is 0.227. The van der Waals surface area contributed by atoms with E-state index in [2.05, 4.69) is 10.1 Å². The van der Waals surface area contributed by atoms with E-state index in [9.17, 15) is 9.59 Å². The molecule has 1 aromatic heterocycles. The van der Waals surface area contributed by atoms with Crippen molar-refractivity contribution in [3.05, 3.63) is 54.4 Å². The number of rotatable bonds is 4. The van der Waals surface area contributed by atoms with Crippen LogP contribution in [0.1, 0.15) is 16.8 Å². The number of nitrogens with zero attached hydrogens (tertiary/aromatic N) is 3. The molecule has 2 N–H and O–H groups in total. The van der Waals surface area contributed by atoms with Crippen molar-refractivity contribution in [1.29, 1.82) is 0 Å². The van der Waals surface area contributed by atoms with Crippen molar-refractivity contribution in [2.24, 2.45) is 10.9 Å². The molecule has 0 radical (unpaired) electrons. The first-order valence-corrected chi connectivity index (χ1v) is 7.80. The van der Waals surface area contributed by atoms with Crippen LogP contribution in [0.25, 0.3) is 11.1 Å². The highest BCUT2D eigenvalue weighted by atomic mass is 16.6. The number of carbonyl (C=O) groups is 2. The van der Waals surface area contributed by atoms with Crippen molar-refractivity contribution in [2.45, 2.75) is 12.5 Å². The molecular weight excluding hydrogens is 320 g/mol. The van der Waals surface area contributed by atoms with Gasteiger partial charge in [0.25, 0.3) is 5.91 Å². The van der Waals surface area contributed by atoms with E-state index >= 15 is 0 Å². The summed E-state index contributed by atoms with van der Waals surface area (Å²) in [5.74, 6) is -0.815. The summed E-state index contributed by atoms with van der Waals surface area (Å²) in [5, 5.41) is 3.84. The lowest BCUT2D eigenvalue weighted by Gasteiger charge is -2.21. The Morgan fingerprint density at radius 3 is 2.60 bits per heavy atom. The van der Waals surface area contributed by atoms with Gasteiger partial charge in [-0.3, -0.25) is 14.6 Å². The number of benzene rings is 1. The van der Waals surface area contributed by atoms with E-state index in [0.717, 1.165) is 11.1 Å². The van der Waals surface area contributed by atoms with E-state index in [-0.39, 0.29) is 12.5 Å². The summed E-state index contributed by atoms with van der Waals surface area (Å²) in [6.07, 6.45) is 3.76. The first-order valence-electron chi connectivity index (χ1n) is 7.80. The van der Waals surface area contributed by atoms with Crippen molar-refractivity contribution in [2.75, 3.05) is 13.7 Å². The Morgan fingerprint density at radius 2 is 2.00 bits per heavy atom. The smallest absolute Gasteiger partial charge is 0.254 e. The van der Waals surface area contributed by atoms with Crippen molar-refractivity contribution in [3.63, 3.8) is 0 Å². The Labute approximate surface area is 145 Å². The first-order chi connectivity index (χ1) is 12.1. The number of likely N-dealkylation sites (tertiary alicyclic amines) is 1. The van der Waals surface area contributed by atoms with Crippen LogP contribution in [0.2, 0.25) is 0 Å². The van der Waals surface area contributed by atoms with E-state index in [1.54, 1.807) is 24.5 Å². The van der Waals surface area contributed by atoms with Crippen LogP contribution < -0.4 is 5.73 Å². The van der Waals surface area contributed by atoms with E-state index in [1.165, 1.54) is 12.0 Å².